The first-order chi connectivity index (χ1) is 9.21. The first-order valence-electron chi connectivity index (χ1n) is 6.14. The number of sulfonamides is 1. The number of nitrogens with two attached hydrogens (primary N) is 1. The third-order valence-electron chi connectivity index (χ3n) is 4.05. The second-order valence-corrected chi connectivity index (χ2v) is 7.19. The molecule has 20 heavy (non-hydrogen) atoms. The lowest BCUT2D eigenvalue weighted by Gasteiger charge is -2.19. The van der Waals surface area contributed by atoms with Gasteiger partial charge in [-0.15, -0.1) is 0 Å². The molecular formula is C12H13F3N2O2S. The highest BCUT2D eigenvalue weighted by Gasteiger charge is 2.56. The molecule has 2 atom stereocenters. The molecule has 1 heterocycles. The Bertz CT molecular complexity index is 615. The van der Waals surface area contributed by atoms with Gasteiger partial charge in [-0.1, -0.05) is 0 Å². The number of hydrogen-bond donors (Lipinski definition) is 1. The summed E-state index contributed by atoms with van der Waals surface area (Å²) in [6.45, 7) is 0.713. The quantitative estimate of drug-likeness (QED) is 0.895. The van der Waals surface area contributed by atoms with Crippen molar-refractivity contribution >= 4 is 10.0 Å². The van der Waals surface area contributed by atoms with Gasteiger partial charge in [0, 0.05) is 19.1 Å². The highest BCUT2D eigenvalue weighted by molar-refractivity contribution is 7.89. The summed E-state index contributed by atoms with van der Waals surface area (Å²) in [5.41, 5.74) is 4.88. The van der Waals surface area contributed by atoms with E-state index in [1.807, 2.05) is 0 Å². The number of fused-ring (bicyclic) bond motifs is 1. The molecule has 110 valence electrons. The van der Waals surface area contributed by atoms with Crippen LogP contribution in [0.15, 0.2) is 29.2 Å². The summed E-state index contributed by atoms with van der Waals surface area (Å²) in [5, 5.41) is 0. The van der Waals surface area contributed by atoms with Gasteiger partial charge in [0.15, 0.2) is 0 Å². The van der Waals surface area contributed by atoms with Crippen LogP contribution < -0.4 is 5.73 Å². The number of alkyl halides is 3. The fourth-order valence-corrected chi connectivity index (χ4v) is 4.21. The summed E-state index contributed by atoms with van der Waals surface area (Å²) in [7, 11) is -3.72. The van der Waals surface area contributed by atoms with Gasteiger partial charge in [0.1, 0.15) is 0 Å². The van der Waals surface area contributed by atoms with Gasteiger partial charge in [-0.25, -0.2) is 8.42 Å². The molecule has 2 unspecified atom stereocenters. The molecule has 3 rings (SSSR count). The van der Waals surface area contributed by atoms with Crippen LogP contribution in [0.4, 0.5) is 13.2 Å². The van der Waals surface area contributed by atoms with Crippen LogP contribution in [-0.2, 0) is 16.2 Å². The molecular weight excluding hydrogens is 293 g/mol. The summed E-state index contributed by atoms with van der Waals surface area (Å²) >= 11 is 0. The Balaban J connectivity index is 1.82. The van der Waals surface area contributed by atoms with Crippen molar-refractivity contribution in [2.24, 2.45) is 17.6 Å². The van der Waals surface area contributed by atoms with Crippen LogP contribution in [0.2, 0.25) is 0 Å². The molecule has 2 N–H and O–H groups in total. The van der Waals surface area contributed by atoms with E-state index in [1.165, 1.54) is 4.31 Å². The highest BCUT2D eigenvalue weighted by atomic mass is 32.2. The predicted molar refractivity (Wildman–Crippen MR) is 65.2 cm³/mol. The minimum atomic E-state index is -4.47. The van der Waals surface area contributed by atoms with Crippen molar-refractivity contribution in [3.8, 4) is 0 Å². The van der Waals surface area contributed by atoms with Crippen LogP contribution in [0, 0.1) is 11.8 Å². The van der Waals surface area contributed by atoms with E-state index in [2.05, 4.69) is 0 Å². The van der Waals surface area contributed by atoms with Gasteiger partial charge in [-0.2, -0.15) is 17.5 Å². The summed E-state index contributed by atoms with van der Waals surface area (Å²) in [6, 6.07) is 3.64. The Morgan fingerprint density at radius 1 is 1.10 bits per heavy atom. The monoisotopic (exact) mass is 306 g/mol. The molecule has 0 spiro atoms. The van der Waals surface area contributed by atoms with Gasteiger partial charge in [0.2, 0.25) is 10.0 Å². The van der Waals surface area contributed by atoms with E-state index in [9.17, 15) is 21.6 Å². The van der Waals surface area contributed by atoms with E-state index in [0.29, 0.717) is 13.1 Å². The van der Waals surface area contributed by atoms with E-state index >= 15 is 0 Å². The van der Waals surface area contributed by atoms with E-state index in [1.54, 1.807) is 0 Å². The van der Waals surface area contributed by atoms with Crippen molar-refractivity contribution in [3.63, 3.8) is 0 Å². The lowest BCUT2D eigenvalue weighted by molar-refractivity contribution is -0.137. The van der Waals surface area contributed by atoms with Gasteiger partial charge in [0.05, 0.1) is 10.5 Å². The van der Waals surface area contributed by atoms with Gasteiger partial charge in [0.25, 0.3) is 0 Å². The topological polar surface area (TPSA) is 63.4 Å². The van der Waals surface area contributed by atoms with Crippen molar-refractivity contribution in [2.45, 2.75) is 17.1 Å². The molecule has 0 bridgehead atoms. The molecule has 1 aliphatic heterocycles. The van der Waals surface area contributed by atoms with Gasteiger partial charge >= 0.3 is 6.18 Å². The number of piperidine rings is 1. The van der Waals surface area contributed by atoms with E-state index in [4.69, 9.17) is 5.73 Å². The number of hydrogen-bond acceptors (Lipinski definition) is 3. The third-order valence-corrected chi connectivity index (χ3v) is 5.89. The Kier molecular flexibility index (Phi) is 2.90. The zero-order chi connectivity index (χ0) is 14.7. The normalized spacial score (nSPS) is 30.3. The molecule has 1 aromatic rings. The lowest BCUT2D eigenvalue weighted by Crippen LogP contribution is -2.33. The maximum atomic E-state index is 12.4. The molecule has 1 aliphatic carbocycles. The Morgan fingerprint density at radius 2 is 1.60 bits per heavy atom. The van der Waals surface area contributed by atoms with Gasteiger partial charge in [-0.3, -0.25) is 0 Å². The maximum Gasteiger partial charge on any atom is 0.416 e. The standard InChI is InChI=1S/C12H13F3N2O2S/c13-12(14,15)7-1-3-8(4-2-7)20(18,19)17-5-9-10(6-17)11(9)16/h1-4,9-11H,5-6,16H2. The summed E-state index contributed by atoms with van der Waals surface area (Å²) in [4.78, 5) is -0.111. The van der Waals surface area contributed by atoms with Gasteiger partial charge in [-0.05, 0) is 36.1 Å². The number of benzene rings is 1. The molecule has 4 nitrogen and oxygen atoms in total. The third kappa shape index (κ3) is 2.11. The molecule has 2 aliphatic rings. The SMILES string of the molecule is NC1C2CN(S(=O)(=O)c3ccc(C(F)(F)F)cc3)CC12. The molecule has 1 aromatic carbocycles. The fraction of sp³-hybridized carbons (Fsp3) is 0.500. The van der Waals surface area contributed by atoms with Crippen LogP contribution in [-0.4, -0.2) is 31.9 Å². The van der Waals surface area contributed by atoms with Crippen molar-refractivity contribution in [2.75, 3.05) is 13.1 Å². The number of rotatable bonds is 2. The first kappa shape index (κ1) is 13.8. The average molecular weight is 306 g/mol. The maximum absolute atomic E-state index is 12.4. The lowest BCUT2D eigenvalue weighted by atomic mass is 10.2. The number of halogens is 3. The fourth-order valence-electron chi connectivity index (χ4n) is 2.69. The van der Waals surface area contributed by atoms with Gasteiger partial charge < -0.3 is 5.73 Å². The number of nitrogens with zero attached hydrogens (tertiary/aromatic N) is 1. The van der Waals surface area contributed by atoms with Crippen LogP contribution in [0.25, 0.3) is 0 Å². The van der Waals surface area contributed by atoms with Crippen molar-refractivity contribution in [1.29, 1.82) is 0 Å². The second kappa shape index (κ2) is 4.19. The van der Waals surface area contributed by atoms with Crippen LogP contribution in [0.3, 0.4) is 0 Å². The average Bonchev–Trinajstić information content (AvgIpc) is 2.80. The van der Waals surface area contributed by atoms with Crippen LogP contribution in [0.1, 0.15) is 5.56 Å². The predicted octanol–water partition coefficient (Wildman–Crippen LogP) is 1.28. The molecule has 1 saturated heterocycles. The highest BCUT2D eigenvalue weighted by Crippen LogP contribution is 2.45. The molecule has 0 amide bonds. The van der Waals surface area contributed by atoms with Crippen molar-refractivity contribution < 1.29 is 21.6 Å². The Morgan fingerprint density at radius 3 is 2.05 bits per heavy atom. The van der Waals surface area contributed by atoms with E-state index in [-0.39, 0.29) is 22.8 Å². The summed E-state index contributed by atoms with van der Waals surface area (Å²) in [6.07, 6.45) is -4.47. The molecule has 0 aromatic heterocycles. The molecule has 0 radical (unpaired) electrons. The van der Waals surface area contributed by atoms with Crippen molar-refractivity contribution in [3.05, 3.63) is 29.8 Å². The minimum Gasteiger partial charge on any atom is -0.327 e. The smallest absolute Gasteiger partial charge is 0.327 e. The Labute approximate surface area is 114 Å². The van der Waals surface area contributed by atoms with E-state index in [0.717, 1.165) is 24.3 Å². The molecule has 8 heteroatoms. The van der Waals surface area contributed by atoms with Crippen LogP contribution >= 0.6 is 0 Å². The second-order valence-electron chi connectivity index (χ2n) is 5.25. The Hall–Kier alpha value is -1.12. The van der Waals surface area contributed by atoms with E-state index < -0.39 is 21.8 Å². The minimum absolute atomic E-state index is 0.0639. The molecule has 2 fully saturated rings. The zero-order valence-electron chi connectivity index (χ0n) is 10.3. The molecule has 1 saturated carbocycles. The summed E-state index contributed by atoms with van der Waals surface area (Å²) in [5.74, 6) is 0.387. The van der Waals surface area contributed by atoms with Crippen LogP contribution in [0.5, 0.6) is 0 Å². The largest absolute Gasteiger partial charge is 0.416 e. The summed E-state index contributed by atoms with van der Waals surface area (Å²) < 4.78 is 63.2. The zero-order valence-corrected chi connectivity index (χ0v) is 11.2. The van der Waals surface area contributed by atoms with Crippen molar-refractivity contribution in [1.82, 2.24) is 4.31 Å². The first-order valence-corrected chi connectivity index (χ1v) is 7.58.